The number of hydrogen-bond donors (Lipinski definition) is 1. The number of ether oxygens (including phenoxy) is 1. The summed E-state index contributed by atoms with van der Waals surface area (Å²) in [5.41, 5.74) is 4.74. The quantitative estimate of drug-likeness (QED) is 0.787. The third kappa shape index (κ3) is 3.10. The lowest BCUT2D eigenvalue weighted by Crippen LogP contribution is -2.06. The molecule has 2 aromatic carbocycles. The summed E-state index contributed by atoms with van der Waals surface area (Å²) in [6.07, 6.45) is 0. The van der Waals surface area contributed by atoms with Crippen molar-refractivity contribution in [1.29, 1.82) is 0 Å². The minimum atomic E-state index is -0.144. The molecule has 0 atom stereocenters. The van der Waals surface area contributed by atoms with Gasteiger partial charge in [-0.15, -0.1) is 5.10 Å². The van der Waals surface area contributed by atoms with Crippen molar-refractivity contribution in [2.75, 3.05) is 7.11 Å². The second kappa shape index (κ2) is 6.62. The Balaban J connectivity index is 2.01. The number of nitrogens with zero attached hydrogens (tertiary/aromatic N) is 3. The molecule has 0 aliphatic carbocycles. The molecule has 0 bridgehead atoms. The number of aromatic nitrogens is 3. The highest BCUT2D eigenvalue weighted by Crippen LogP contribution is 2.25. The number of aliphatic hydroxyl groups is 1. The number of aryl methyl sites for hydroxylation is 1. The largest absolute Gasteiger partial charge is 0.497 e. The fraction of sp³-hybridized carbons (Fsp3) is 0.222. The Morgan fingerprint density at radius 3 is 2.48 bits per heavy atom. The molecule has 1 heterocycles. The zero-order valence-corrected chi connectivity index (χ0v) is 13.2. The van der Waals surface area contributed by atoms with Gasteiger partial charge in [-0.3, -0.25) is 0 Å². The summed E-state index contributed by atoms with van der Waals surface area (Å²) >= 11 is 0. The maximum absolute atomic E-state index is 9.57. The van der Waals surface area contributed by atoms with Gasteiger partial charge < -0.3 is 9.84 Å². The average Bonchev–Trinajstić information content (AvgIpc) is 3.00. The van der Waals surface area contributed by atoms with Crippen molar-refractivity contribution < 1.29 is 9.84 Å². The molecule has 0 spiro atoms. The Morgan fingerprint density at radius 2 is 1.83 bits per heavy atom. The van der Waals surface area contributed by atoms with E-state index in [1.807, 2.05) is 41.1 Å². The first-order valence-electron chi connectivity index (χ1n) is 7.45. The summed E-state index contributed by atoms with van der Waals surface area (Å²) in [4.78, 5) is 0. The van der Waals surface area contributed by atoms with Crippen LogP contribution in [0.15, 0.2) is 48.5 Å². The number of rotatable bonds is 5. The molecule has 118 valence electrons. The highest BCUT2D eigenvalue weighted by atomic mass is 16.5. The molecule has 0 amide bonds. The van der Waals surface area contributed by atoms with Crippen LogP contribution >= 0.6 is 0 Å². The van der Waals surface area contributed by atoms with Gasteiger partial charge in [-0.1, -0.05) is 29.5 Å². The van der Waals surface area contributed by atoms with Crippen molar-refractivity contribution in [1.82, 2.24) is 15.0 Å². The van der Waals surface area contributed by atoms with Crippen molar-refractivity contribution in [2.24, 2.45) is 0 Å². The molecule has 1 N–H and O–H groups in total. The molecule has 0 unspecified atom stereocenters. The second-order valence-electron chi connectivity index (χ2n) is 5.36. The third-order valence-electron chi connectivity index (χ3n) is 3.90. The summed E-state index contributed by atoms with van der Waals surface area (Å²) in [7, 11) is 1.64. The van der Waals surface area contributed by atoms with Crippen LogP contribution in [0, 0.1) is 6.92 Å². The first-order valence-corrected chi connectivity index (χ1v) is 7.45. The Hall–Kier alpha value is -2.66. The van der Waals surface area contributed by atoms with E-state index in [1.54, 1.807) is 7.11 Å². The maximum Gasteiger partial charge on any atom is 0.118 e. The molecule has 23 heavy (non-hydrogen) atoms. The van der Waals surface area contributed by atoms with E-state index in [-0.39, 0.29) is 6.61 Å². The first-order chi connectivity index (χ1) is 11.2. The van der Waals surface area contributed by atoms with E-state index < -0.39 is 0 Å². The van der Waals surface area contributed by atoms with Gasteiger partial charge in [0.25, 0.3) is 0 Å². The van der Waals surface area contributed by atoms with E-state index in [9.17, 15) is 5.11 Å². The third-order valence-corrected chi connectivity index (χ3v) is 3.90. The minimum Gasteiger partial charge on any atom is -0.497 e. The predicted octanol–water partition coefficient (Wildman–Crippen LogP) is 2.80. The van der Waals surface area contributed by atoms with Gasteiger partial charge in [0.15, 0.2) is 0 Å². The minimum absolute atomic E-state index is 0.144. The molecule has 0 saturated carbocycles. The van der Waals surface area contributed by atoms with Crippen LogP contribution in [0.25, 0.3) is 11.3 Å². The van der Waals surface area contributed by atoms with Gasteiger partial charge in [0.2, 0.25) is 0 Å². The van der Waals surface area contributed by atoms with Crippen LogP contribution in [0.5, 0.6) is 5.75 Å². The fourth-order valence-electron chi connectivity index (χ4n) is 2.58. The molecule has 0 aliphatic rings. The van der Waals surface area contributed by atoms with Gasteiger partial charge in [0, 0.05) is 5.56 Å². The molecule has 0 aliphatic heterocycles. The van der Waals surface area contributed by atoms with Gasteiger partial charge in [-0.05, 0) is 42.3 Å². The van der Waals surface area contributed by atoms with E-state index in [4.69, 9.17) is 4.74 Å². The SMILES string of the molecule is COc1ccc(-c2c(CO)nnn2Cc2ccccc2C)cc1. The zero-order valence-electron chi connectivity index (χ0n) is 13.2. The molecule has 3 aromatic rings. The van der Waals surface area contributed by atoms with Crippen LogP contribution < -0.4 is 4.74 Å². The molecule has 5 nitrogen and oxygen atoms in total. The van der Waals surface area contributed by atoms with Gasteiger partial charge >= 0.3 is 0 Å². The number of aliphatic hydroxyl groups excluding tert-OH is 1. The van der Waals surface area contributed by atoms with Crippen LogP contribution in [-0.2, 0) is 13.2 Å². The summed E-state index contributed by atoms with van der Waals surface area (Å²) in [5, 5.41) is 17.9. The van der Waals surface area contributed by atoms with E-state index in [1.165, 1.54) is 11.1 Å². The van der Waals surface area contributed by atoms with Gasteiger partial charge in [0.05, 0.1) is 26.0 Å². The molecule has 0 saturated heterocycles. The Bertz CT molecular complexity index is 794. The van der Waals surface area contributed by atoms with E-state index in [2.05, 4.69) is 29.4 Å². The van der Waals surface area contributed by atoms with Crippen LogP contribution in [0.3, 0.4) is 0 Å². The Morgan fingerprint density at radius 1 is 1.09 bits per heavy atom. The summed E-state index contributed by atoms with van der Waals surface area (Å²) in [6, 6.07) is 15.9. The van der Waals surface area contributed by atoms with Crippen LogP contribution in [0.1, 0.15) is 16.8 Å². The first kappa shape index (κ1) is 15.2. The van der Waals surface area contributed by atoms with E-state index >= 15 is 0 Å². The highest BCUT2D eigenvalue weighted by Gasteiger charge is 2.15. The van der Waals surface area contributed by atoms with Gasteiger partial charge in [-0.25, -0.2) is 4.68 Å². The smallest absolute Gasteiger partial charge is 0.118 e. The molecule has 0 fully saturated rings. The van der Waals surface area contributed by atoms with E-state index in [0.29, 0.717) is 12.2 Å². The average molecular weight is 309 g/mol. The summed E-state index contributed by atoms with van der Waals surface area (Å²) in [5.74, 6) is 0.789. The monoisotopic (exact) mass is 309 g/mol. The number of methoxy groups -OCH3 is 1. The van der Waals surface area contributed by atoms with Crippen molar-refractivity contribution in [3.8, 4) is 17.0 Å². The van der Waals surface area contributed by atoms with E-state index in [0.717, 1.165) is 17.0 Å². The lowest BCUT2D eigenvalue weighted by molar-refractivity contribution is 0.277. The van der Waals surface area contributed by atoms with Crippen molar-refractivity contribution in [2.45, 2.75) is 20.1 Å². The summed E-state index contributed by atoms with van der Waals surface area (Å²) in [6.45, 7) is 2.54. The standard InChI is InChI=1S/C18H19N3O2/c1-13-5-3-4-6-15(13)11-21-18(17(12-22)19-20-21)14-7-9-16(23-2)10-8-14/h3-10,22H,11-12H2,1-2H3. The lowest BCUT2D eigenvalue weighted by atomic mass is 10.1. The topological polar surface area (TPSA) is 60.2 Å². The molecule has 5 heteroatoms. The second-order valence-corrected chi connectivity index (χ2v) is 5.36. The number of benzene rings is 2. The molecular weight excluding hydrogens is 290 g/mol. The van der Waals surface area contributed by atoms with Crippen molar-refractivity contribution >= 4 is 0 Å². The normalized spacial score (nSPS) is 10.7. The van der Waals surface area contributed by atoms with Crippen LogP contribution in [0.2, 0.25) is 0 Å². The lowest BCUT2D eigenvalue weighted by Gasteiger charge is -2.10. The molecule has 0 radical (unpaired) electrons. The Labute approximate surface area is 135 Å². The van der Waals surface area contributed by atoms with Crippen LogP contribution in [-0.4, -0.2) is 27.2 Å². The van der Waals surface area contributed by atoms with Gasteiger partial charge in [0.1, 0.15) is 11.4 Å². The predicted molar refractivity (Wildman–Crippen MR) is 88.2 cm³/mol. The molecular formula is C18H19N3O2. The highest BCUT2D eigenvalue weighted by molar-refractivity contribution is 5.63. The van der Waals surface area contributed by atoms with Crippen molar-refractivity contribution in [3.63, 3.8) is 0 Å². The molecule has 1 aromatic heterocycles. The summed E-state index contributed by atoms with van der Waals surface area (Å²) < 4.78 is 7.03. The number of hydrogen-bond acceptors (Lipinski definition) is 4. The molecule has 3 rings (SSSR count). The van der Waals surface area contributed by atoms with Gasteiger partial charge in [-0.2, -0.15) is 0 Å². The Kier molecular flexibility index (Phi) is 4.39. The van der Waals surface area contributed by atoms with Crippen LogP contribution in [0.4, 0.5) is 0 Å². The maximum atomic E-state index is 9.57. The fourth-order valence-corrected chi connectivity index (χ4v) is 2.58. The van der Waals surface area contributed by atoms with Crippen molar-refractivity contribution in [3.05, 3.63) is 65.4 Å². The zero-order chi connectivity index (χ0) is 16.2.